The summed E-state index contributed by atoms with van der Waals surface area (Å²) in [7, 11) is 0. The number of rotatable bonds is 3. The molecule has 3 aliphatic heterocycles. The van der Waals surface area contributed by atoms with Crippen molar-refractivity contribution in [3.8, 4) is 0 Å². The lowest BCUT2D eigenvalue weighted by Crippen LogP contribution is -2.43. The number of piperidine rings is 1. The smallest absolute Gasteiger partial charge is 0.312 e. The first-order valence-electron chi connectivity index (χ1n) is 11.1. The first-order chi connectivity index (χ1) is 16.1. The van der Waals surface area contributed by atoms with Crippen LogP contribution in [0.1, 0.15) is 32.1 Å². The number of hydrogen-bond donors (Lipinski definition) is 2. The molecule has 0 bridgehead atoms. The summed E-state index contributed by atoms with van der Waals surface area (Å²) in [5.41, 5.74) is 0.678. The molecule has 10 nitrogen and oxygen atoms in total. The van der Waals surface area contributed by atoms with E-state index < -0.39 is 0 Å². The summed E-state index contributed by atoms with van der Waals surface area (Å²) in [5, 5.41) is 14.9. The molecule has 3 aliphatic rings. The van der Waals surface area contributed by atoms with Gasteiger partial charge in [0.25, 0.3) is 12.9 Å². The zero-order chi connectivity index (χ0) is 23.7. The molecule has 0 saturated carbocycles. The van der Waals surface area contributed by atoms with E-state index in [2.05, 4.69) is 25.8 Å². The van der Waals surface area contributed by atoms with E-state index in [1.165, 1.54) is 12.8 Å². The molecule has 2 aromatic heterocycles. The standard InChI is InChI=1S/C21H26N4O2.2CH2O2/c26-20-21(14-16(27-20)15-24-10-1-2-11-24)6-12-25(13-7-21)19-17-4-3-8-22-18(17)5-9-23-19;2*2-1-3/h3-5,8-9,16H,1-2,6-7,10-15H2;2*1H,(H,2,3). The zero-order valence-corrected chi connectivity index (χ0v) is 18.5. The quantitative estimate of drug-likeness (QED) is 0.520. The Kier molecular flexibility index (Phi) is 8.53. The number of hydrogen-bond acceptors (Lipinski definition) is 8. The van der Waals surface area contributed by atoms with Gasteiger partial charge in [-0.05, 0) is 57.0 Å². The highest BCUT2D eigenvalue weighted by Crippen LogP contribution is 2.44. The van der Waals surface area contributed by atoms with Crippen molar-refractivity contribution in [1.29, 1.82) is 0 Å². The molecule has 3 saturated heterocycles. The molecule has 33 heavy (non-hydrogen) atoms. The van der Waals surface area contributed by atoms with E-state index in [0.717, 1.165) is 68.7 Å². The second kappa shape index (κ2) is 11.6. The van der Waals surface area contributed by atoms with Crippen LogP contribution in [0.2, 0.25) is 0 Å². The molecule has 1 atom stereocenters. The molecule has 0 radical (unpaired) electrons. The number of anilines is 1. The van der Waals surface area contributed by atoms with Gasteiger partial charge in [0, 0.05) is 43.8 Å². The number of pyridine rings is 2. The fourth-order valence-corrected chi connectivity index (χ4v) is 4.99. The number of carbonyl (C=O) groups is 3. The van der Waals surface area contributed by atoms with Crippen molar-refractivity contribution in [3.05, 3.63) is 30.6 Å². The van der Waals surface area contributed by atoms with Crippen molar-refractivity contribution >= 4 is 35.6 Å². The van der Waals surface area contributed by atoms with Gasteiger partial charge in [0.1, 0.15) is 11.9 Å². The van der Waals surface area contributed by atoms with Crippen molar-refractivity contribution in [1.82, 2.24) is 14.9 Å². The Morgan fingerprint density at radius 2 is 1.70 bits per heavy atom. The van der Waals surface area contributed by atoms with Crippen molar-refractivity contribution in [3.63, 3.8) is 0 Å². The molecule has 1 unspecified atom stereocenters. The predicted octanol–water partition coefficient (Wildman–Crippen LogP) is 2.03. The third-order valence-corrected chi connectivity index (χ3v) is 6.51. The van der Waals surface area contributed by atoms with Gasteiger partial charge in [0.2, 0.25) is 0 Å². The van der Waals surface area contributed by atoms with E-state index in [9.17, 15) is 4.79 Å². The van der Waals surface area contributed by atoms with Gasteiger partial charge in [-0.25, -0.2) is 4.98 Å². The maximum Gasteiger partial charge on any atom is 0.312 e. The van der Waals surface area contributed by atoms with Crippen molar-refractivity contribution in [2.45, 2.75) is 38.2 Å². The molecule has 178 valence electrons. The summed E-state index contributed by atoms with van der Waals surface area (Å²) in [6.07, 6.45) is 8.82. The van der Waals surface area contributed by atoms with Crippen LogP contribution in [0.5, 0.6) is 0 Å². The van der Waals surface area contributed by atoms with E-state index in [0.29, 0.717) is 0 Å². The van der Waals surface area contributed by atoms with Crippen LogP contribution >= 0.6 is 0 Å². The molecular formula is C23H30N4O6. The number of ether oxygens (including phenoxy) is 1. The van der Waals surface area contributed by atoms with Crippen molar-refractivity contribution < 1.29 is 29.3 Å². The number of nitrogens with zero attached hydrogens (tertiary/aromatic N) is 4. The van der Waals surface area contributed by atoms with Crippen LogP contribution in [-0.4, -0.2) is 82.8 Å². The predicted molar refractivity (Wildman–Crippen MR) is 121 cm³/mol. The molecule has 0 amide bonds. The maximum absolute atomic E-state index is 12.7. The third kappa shape index (κ3) is 5.75. The average Bonchev–Trinajstić information content (AvgIpc) is 3.43. The van der Waals surface area contributed by atoms with Gasteiger partial charge < -0.3 is 19.8 Å². The van der Waals surface area contributed by atoms with Crippen molar-refractivity contribution in [2.75, 3.05) is 37.6 Å². The third-order valence-electron chi connectivity index (χ3n) is 6.51. The monoisotopic (exact) mass is 458 g/mol. The Morgan fingerprint density at radius 3 is 2.36 bits per heavy atom. The number of carboxylic acid groups (broad SMARTS) is 2. The molecule has 5 heterocycles. The van der Waals surface area contributed by atoms with E-state index in [1.54, 1.807) is 0 Å². The average molecular weight is 459 g/mol. The second-order valence-corrected chi connectivity index (χ2v) is 8.42. The summed E-state index contributed by atoms with van der Waals surface area (Å²) in [5.74, 6) is 1.01. The molecule has 3 fully saturated rings. The number of likely N-dealkylation sites (tertiary alicyclic amines) is 1. The van der Waals surface area contributed by atoms with Gasteiger partial charge in [0.15, 0.2) is 0 Å². The van der Waals surface area contributed by atoms with Crippen LogP contribution in [-0.2, 0) is 19.1 Å². The highest BCUT2D eigenvalue weighted by molar-refractivity contribution is 5.89. The van der Waals surface area contributed by atoms with E-state index in [4.69, 9.17) is 24.5 Å². The Hall–Kier alpha value is -3.27. The number of aromatic nitrogens is 2. The summed E-state index contributed by atoms with van der Waals surface area (Å²) in [6.45, 7) is 4.39. The number of cyclic esters (lactones) is 1. The van der Waals surface area contributed by atoms with Crippen LogP contribution in [0.25, 0.3) is 10.9 Å². The fourth-order valence-electron chi connectivity index (χ4n) is 4.99. The highest BCUT2D eigenvalue weighted by atomic mass is 16.6. The molecule has 2 aromatic rings. The number of fused-ring (bicyclic) bond motifs is 1. The molecule has 2 N–H and O–H groups in total. The fraction of sp³-hybridized carbons (Fsp3) is 0.522. The molecule has 1 spiro atoms. The summed E-state index contributed by atoms with van der Waals surface area (Å²) < 4.78 is 5.80. The number of esters is 1. The van der Waals surface area contributed by atoms with Gasteiger partial charge in [-0.15, -0.1) is 0 Å². The summed E-state index contributed by atoms with van der Waals surface area (Å²) >= 11 is 0. The Balaban J connectivity index is 0.000000464. The minimum atomic E-state index is -0.288. The van der Waals surface area contributed by atoms with Gasteiger partial charge in [0.05, 0.1) is 10.9 Å². The molecule has 10 heteroatoms. The summed E-state index contributed by atoms with van der Waals surface area (Å²) in [4.78, 5) is 43.2. The van der Waals surface area contributed by atoms with Crippen LogP contribution in [0.4, 0.5) is 5.82 Å². The van der Waals surface area contributed by atoms with Crippen molar-refractivity contribution in [2.24, 2.45) is 5.41 Å². The van der Waals surface area contributed by atoms with E-state index in [-0.39, 0.29) is 30.4 Å². The SMILES string of the molecule is O=C1OC(CN2CCCC2)CC12CCN(c1nccc3ncccc13)CC2.O=CO.O=CO. The van der Waals surface area contributed by atoms with Crippen LogP contribution in [0, 0.1) is 5.41 Å². The second-order valence-electron chi connectivity index (χ2n) is 8.42. The normalized spacial score (nSPS) is 21.5. The van der Waals surface area contributed by atoms with Gasteiger partial charge in [-0.1, -0.05) is 0 Å². The maximum atomic E-state index is 12.7. The highest BCUT2D eigenvalue weighted by Gasteiger charge is 2.50. The minimum Gasteiger partial charge on any atom is -0.483 e. The Labute approximate surface area is 192 Å². The molecule has 0 aliphatic carbocycles. The van der Waals surface area contributed by atoms with E-state index in [1.807, 2.05) is 24.5 Å². The van der Waals surface area contributed by atoms with E-state index >= 15 is 0 Å². The molecular weight excluding hydrogens is 428 g/mol. The molecule has 0 aromatic carbocycles. The van der Waals surface area contributed by atoms with Gasteiger partial charge in [-0.2, -0.15) is 0 Å². The Bertz CT molecular complexity index is 930. The largest absolute Gasteiger partial charge is 0.483 e. The Morgan fingerprint density at radius 1 is 1.03 bits per heavy atom. The number of carbonyl (C=O) groups excluding carboxylic acids is 1. The van der Waals surface area contributed by atoms with Crippen LogP contribution < -0.4 is 4.90 Å². The molecule has 5 rings (SSSR count). The lowest BCUT2D eigenvalue weighted by molar-refractivity contribution is -0.150. The summed E-state index contributed by atoms with van der Waals surface area (Å²) in [6, 6.07) is 5.97. The van der Waals surface area contributed by atoms with Crippen LogP contribution in [0.15, 0.2) is 30.6 Å². The van der Waals surface area contributed by atoms with Crippen LogP contribution in [0.3, 0.4) is 0 Å². The van der Waals surface area contributed by atoms with Gasteiger partial charge >= 0.3 is 5.97 Å². The lowest BCUT2D eigenvalue weighted by Gasteiger charge is -2.37. The lowest BCUT2D eigenvalue weighted by atomic mass is 9.76. The zero-order valence-electron chi connectivity index (χ0n) is 18.5. The minimum absolute atomic E-state index is 0.0268. The topological polar surface area (TPSA) is 133 Å². The van der Waals surface area contributed by atoms with Gasteiger partial charge in [-0.3, -0.25) is 24.3 Å². The first kappa shape index (κ1) is 24.4. The first-order valence-corrected chi connectivity index (χ1v) is 11.1.